The fraction of sp³-hybridized carbons (Fsp3) is 0.281. The summed E-state index contributed by atoms with van der Waals surface area (Å²) in [6, 6.07) is 24.0. The molecule has 1 aliphatic carbocycles. The summed E-state index contributed by atoms with van der Waals surface area (Å²) in [6.07, 6.45) is 7.49. The molecule has 0 aliphatic heterocycles. The zero-order valence-electron chi connectivity index (χ0n) is 22.7. The van der Waals surface area contributed by atoms with E-state index in [1.807, 2.05) is 79.0 Å². The molecule has 6 rings (SSSR count). The van der Waals surface area contributed by atoms with Crippen molar-refractivity contribution >= 4 is 28.4 Å². The molecule has 1 N–H and O–H groups in total. The Bertz CT molecular complexity index is 1620. The number of fused-ring (bicyclic) bond motifs is 1. The summed E-state index contributed by atoms with van der Waals surface area (Å²) in [5.74, 6) is 2.13. The van der Waals surface area contributed by atoms with E-state index in [1.54, 1.807) is 14.2 Å². The van der Waals surface area contributed by atoms with E-state index in [2.05, 4.69) is 14.6 Å². The van der Waals surface area contributed by atoms with E-state index in [0.717, 1.165) is 58.7 Å². The highest BCUT2D eigenvalue weighted by Crippen LogP contribution is 2.43. The molecule has 1 unspecified atom stereocenters. The monoisotopic (exact) mass is 552 g/mol. The fourth-order valence-corrected chi connectivity index (χ4v) is 6.80. The van der Waals surface area contributed by atoms with Crippen LogP contribution in [0.3, 0.4) is 0 Å². The van der Waals surface area contributed by atoms with Crippen LogP contribution in [0, 0.1) is 0 Å². The van der Waals surface area contributed by atoms with Gasteiger partial charge >= 0.3 is 0 Å². The number of para-hydroxylation sites is 1. The van der Waals surface area contributed by atoms with Crippen molar-refractivity contribution in [2.75, 3.05) is 14.2 Å². The molecule has 7 nitrogen and oxygen atoms in total. The van der Waals surface area contributed by atoms with Gasteiger partial charge in [-0.05, 0) is 42.7 Å². The third-order valence-corrected chi connectivity index (χ3v) is 8.88. The number of hydrogen-bond acceptors (Lipinski definition) is 6. The number of rotatable bonds is 9. The van der Waals surface area contributed by atoms with Gasteiger partial charge in [0.05, 0.1) is 14.2 Å². The molecule has 0 amide bonds. The molecule has 3 aromatic carbocycles. The SMILES string of the molecule is COc1ccc(-c2nnc(SC(C(=O)c3c[nH]c4ccccc34)c3ccccc3)n2C2CCCCC2)cc1OC. The second kappa shape index (κ2) is 11.6. The molecular weight excluding hydrogens is 520 g/mol. The average Bonchev–Trinajstić information content (AvgIpc) is 3.64. The maximum Gasteiger partial charge on any atom is 0.192 e. The Morgan fingerprint density at radius 3 is 2.45 bits per heavy atom. The van der Waals surface area contributed by atoms with Crippen LogP contribution in [0.2, 0.25) is 0 Å². The molecule has 5 aromatic rings. The highest BCUT2D eigenvalue weighted by atomic mass is 32.2. The van der Waals surface area contributed by atoms with Gasteiger partial charge in [0.15, 0.2) is 28.3 Å². The Labute approximate surface area is 237 Å². The molecule has 0 saturated heterocycles. The number of nitrogens with zero attached hydrogens (tertiary/aromatic N) is 3. The third kappa shape index (κ3) is 4.99. The Hall–Kier alpha value is -4.04. The number of ketones is 1. The van der Waals surface area contributed by atoms with Crippen LogP contribution >= 0.6 is 11.8 Å². The highest BCUT2D eigenvalue weighted by molar-refractivity contribution is 8.00. The average molecular weight is 553 g/mol. The van der Waals surface area contributed by atoms with Crippen LogP contribution in [0.15, 0.2) is 84.1 Å². The van der Waals surface area contributed by atoms with Crippen molar-refractivity contribution in [3.8, 4) is 22.9 Å². The van der Waals surface area contributed by atoms with Gasteiger partial charge in [0.1, 0.15) is 5.25 Å². The molecule has 1 atom stereocenters. The van der Waals surface area contributed by atoms with Crippen LogP contribution in [0.1, 0.15) is 59.3 Å². The van der Waals surface area contributed by atoms with E-state index in [1.165, 1.54) is 18.2 Å². The number of ether oxygens (including phenoxy) is 2. The van der Waals surface area contributed by atoms with Gasteiger partial charge in [0.2, 0.25) is 0 Å². The number of nitrogens with one attached hydrogen (secondary N) is 1. The normalized spacial score (nSPS) is 14.8. The van der Waals surface area contributed by atoms with Crippen LogP contribution < -0.4 is 9.47 Å². The van der Waals surface area contributed by atoms with Crippen molar-refractivity contribution in [3.63, 3.8) is 0 Å². The second-order valence-corrected chi connectivity index (χ2v) is 11.1. The van der Waals surface area contributed by atoms with Gasteiger partial charge in [0.25, 0.3) is 0 Å². The summed E-state index contributed by atoms with van der Waals surface area (Å²) in [4.78, 5) is 17.5. The number of carbonyl (C=O) groups is 1. The Morgan fingerprint density at radius 1 is 0.925 bits per heavy atom. The lowest BCUT2D eigenvalue weighted by molar-refractivity contribution is 0.0991. The van der Waals surface area contributed by atoms with Gasteiger partial charge in [-0.1, -0.05) is 79.6 Å². The number of methoxy groups -OCH3 is 2. The summed E-state index contributed by atoms with van der Waals surface area (Å²) in [5.41, 5.74) is 3.47. The minimum Gasteiger partial charge on any atom is -0.493 e. The van der Waals surface area contributed by atoms with Crippen molar-refractivity contribution in [2.45, 2.75) is 48.6 Å². The van der Waals surface area contributed by atoms with Crippen LogP contribution in [0.25, 0.3) is 22.3 Å². The first-order valence-corrected chi connectivity index (χ1v) is 14.5. The van der Waals surface area contributed by atoms with Crippen LogP contribution in [-0.4, -0.2) is 39.8 Å². The first kappa shape index (κ1) is 26.2. The molecule has 40 heavy (non-hydrogen) atoms. The lowest BCUT2D eigenvalue weighted by atomic mass is 9.95. The quantitative estimate of drug-likeness (QED) is 0.149. The topological polar surface area (TPSA) is 82.0 Å². The maximum atomic E-state index is 14.2. The van der Waals surface area contributed by atoms with Crippen molar-refractivity contribution in [1.82, 2.24) is 19.7 Å². The van der Waals surface area contributed by atoms with Crippen molar-refractivity contribution in [2.24, 2.45) is 0 Å². The fourth-order valence-electron chi connectivity index (χ4n) is 5.62. The Morgan fingerprint density at radius 2 is 1.68 bits per heavy atom. The summed E-state index contributed by atoms with van der Waals surface area (Å²) in [7, 11) is 3.26. The van der Waals surface area contributed by atoms with Gasteiger partial charge in [-0.3, -0.25) is 9.36 Å². The molecular formula is C32H32N4O3S. The van der Waals surface area contributed by atoms with E-state index in [4.69, 9.17) is 14.6 Å². The molecule has 1 aliphatic rings. The summed E-state index contributed by atoms with van der Waals surface area (Å²) >= 11 is 1.48. The molecule has 0 bridgehead atoms. The standard InChI is InChI=1S/C32H32N4O3S/c1-38-27-18-17-22(19-28(27)39-2)31-34-35-32(36(31)23-13-7-4-8-14-23)40-30(21-11-5-3-6-12-21)29(37)25-20-33-26-16-10-9-15-24(25)26/h3,5-6,9-12,15-20,23,30,33H,4,7-8,13-14H2,1-2H3. The van der Waals surface area contributed by atoms with E-state index in [0.29, 0.717) is 17.1 Å². The van der Waals surface area contributed by atoms with E-state index in [9.17, 15) is 4.79 Å². The summed E-state index contributed by atoms with van der Waals surface area (Å²) < 4.78 is 13.3. The molecule has 8 heteroatoms. The predicted octanol–water partition coefficient (Wildman–Crippen LogP) is 7.67. The Kier molecular flexibility index (Phi) is 7.60. The third-order valence-electron chi connectivity index (χ3n) is 7.66. The molecule has 0 spiro atoms. The first-order valence-electron chi connectivity index (χ1n) is 13.7. The van der Waals surface area contributed by atoms with Crippen LogP contribution in [0.4, 0.5) is 0 Å². The molecule has 1 saturated carbocycles. The minimum absolute atomic E-state index is 0.0412. The van der Waals surface area contributed by atoms with E-state index >= 15 is 0 Å². The largest absolute Gasteiger partial charge is 0.493 e. The van der Waals surface area contributed by atoms with Gasteiger partial charge in [-0.25, -0.2) is 0 Å². The van der Waals surface area contributed by atoms with Gasteiger partial charge in [0, 0.05) is 34.3 Å². The number of Topliss-reactive ketones (excluding diaryl/α,β-unsaturated/α-hetero) is 1. The van der Waals surface area contributed by atoms with Crippen LogP contribution in [0.5, 0.6) is 11.5 Å². The number of H-pyrrole nitrogens is 1. The second-order valence-electron chi connectivity index (χ2n) is 10.1. The summed E-state index contributed by atoms with van der Waals surface area (Å²) in [5, 5.41) is 10.6. The van der Waals surface area contributed by atoms with E-state index in [-0.39, 0.29) is 11.8 Å². The van der Waals surface area contributed by atoms with Gasteiger partial charge in [-0.2, -0.15) is 0 Å². The smallest absolute Gasteiger partial charge is 0.192 e. The lowest BCUT2D eigenvalue weighted by Crippen LogP contribution is -2.17. The lowest BCUT2D eigenvalue weighted by Gasteiger charge is -2.26. The van der Waals surface area contributed by atoms with Gasteiger partial charge < -0.3 is 14.5 Å². The number of benzene rings is 3. The number of aromatic nitrogens is 4. The number of aromatic amines is 1. The molecule has 1 fully saturated rings. The number of hydrogen-bond donors (Lipinski definition) is 1. The summed E-state index contributed by atoms with van der Waals surface area (Å²) in [6.45, 7) is 0. The Balaban J connectivity index is 1.44. The maximum absolute atomic E-state index is 14.2. The first-order chi connectivity index (χ1) is 19.7. The zero-order chi connectivity index (χ0) is 27.5. The number of carbonyl (C=O) groups excluding carboxylic acids is 1. The molecule has 2 heterocycles. The zero-order valence-corrected chi connectivity index (χ0v) is 23.5. The molecule has 2 aromatic heterocycles. The van der Waals surface area contributed by atoms with Crippen molar-refractivity contribution < 1.29 is 14.3 Å². The molecule has 0 radical (unpaired) electrons. The molecule has 204 valence electrons. The van der Waals surface area contributed by atoms with Crippen LogP contribution in [-0.2, 0) is 0 Å². The van der Waals surface area contributed by atoms with E-state index < -0.39 is 5.25 Å². The van der Waals surface area contributed by atoms with Crippen molar-refractivity contribution in [3.05, 3.63) is 90.1 Å². The van der Waals surface area contributed by atoms with Crippen molar-refractivity contribution in [1.29, 1.82) is 0 Å². The number of thioether (sulfide) groups is 1. The van der Waals surface area contributed by atoms with Gasteiger partial charge in [-0.15, -0.1) is 10.2 Å². The minimum atomic E-state index is -0.481. The predicted molar refractivity (Wildman–Crippen MR) is 158 cm³/mol. The highest BCUT2D eigenvalue weighted by Gasteiger charge is 2.31.